The molecule has 19 heavy (non-hydrogen) atoms. The van der Waals surface area contributed by atoms with Crippen LogP contribution in [0.5, 0.6) is 0 Å². The Morgan fingerprint density at radius 2 is 1.37 bits per heavy atom. The van der Waals surface area contributed by atoms with E-state index in [0.717, 1.165) is 6.42 Å². The Labute approximate surface area is 121 Å². The zero-order chi connectivity index (χ0) is 14.2. The van der Waals surface area contributed by atoms with Crippen molar-refractivity contribution in [2.24, 2.45) is 5.92 Å². The van der Waals surface area contributed by atoms with Gasteiger partial charge in [-0.3, -0.25) is 0 Å². The van der Waals surface area contributed by atoms with Crippen molar-refractivity contribution in [1.82, 2.24) is 0 Å². The molecule has 1 atom stereocenters. The molecule has 1 N–H and O–H groups in total. The Morgan fingerprint density at radius 1 is 0.789 bits per heavy atom. The van der Waals surface area contributed by atoms with E-state index in [-0.39, 0.29) is 0 Å². The average molecular weight is 268 g/mol. The first kappa shape index (κ1) is 18.7. The lowest BCUT2D eigenvalue weighted by atomic mass is 10.0. The molecular formula is C18H36O. The number of hydrogen-bond acceptors (Lipinski definition) is 1. The van der Waals surface area contributed by atoms with Gasteiger partial charge in [0.15, 0.2) is 0 Å². The van der Waals surface area contributed by atoms with Crippen LogP contribution in [-0.4, -0.2) is 11.7 Å². The molecule has 0 aliphatic carbocycles. The molecule has 0 aliphatic heterocycles. The minimum atomic E-state index is 0.319. The number of rotatable bonds is 14. The van der Waals surface area contributed by atoms with E-state index in [9.17, 15) is 5.11 Å². The fraction of sp³-hybridized carbons (Fsp3) is 0.889. The summed E-state index contributed by atoms with van der Waals surface area (Å²) in [5, 5.41) is 9.33. The van der Waals surface area contributed by atoms with Crippen molar-refractivity contribution in [3.8, 4) is 0 Å². The summed E-state index contributed by atoms with van der Waals surface area (Å²) >= 11 is 0. The maximum atomic E-state index is 9.33. The van der Waals surface area contributed by atoms with Crippen molar-refractivity contribution in [1.29, 1.82) is 0 Å². The fourth-order valence-corrected chi connectivity index (χ4v) is 2.41. The van der Waals surface area contributed by atoms with Gasteiger partial charge in [-0.25, -0.2) is 0 Å². The molecule has 0 rings (SSSR count). The second-order valence-corrected chi connectivity index (χ2v) is 5.78. The number of allylic oxidation sites excluding steroid dienone is 1. The molecular weight excluding hydrogens is 232 g/mol. The van der Waals surface area contributed by atoms with Gasteiger partial charge in [0.2, 0.25) is 0 Å². The third kappa shape index (κ3) is 13.9. The average Bonchev–Trinajstić information content (AvgIpc) is 2.44. The minimum absolute atomic E-state index is 0.319. The molecule has 0 saturated heterocycles. The molecule has 0 unspecified atom stereocenters. The predicted octanol–water partition coefficient (Wildman–Crippen LogP) is 5.87. The summed E-state index contributed by atoms with van der Waals surface area (Å²) in [7, 11) is 0. The van der Waals surface area contributed by atoms with Crippen LogP contribution in [0.1, 0.15) is 90.9 Å². The van der Waals surface area contributed by atoms with Crippen LogP contribution in [0.3, 0.4) is 0 Å². The second kappa shape index (κ2) is 15.8. The molecule has 0 aliphatic rings. The van der Waals surface area contributed by atoms with E-state index in [1.54, 1.807) is 0 Å². The Hall–Kier alpha value is -0.300. The van der Waals surface area contributed by atoms with E-state index < -0.39 is 0 Å². The summed E-state index contributed by atoms with van der Waals surface area (Å²) in [4.78, 5) is 0. The third-order valence-corrected chi connectivity index (χ3v) is 3.80. The van der Waals surface area contributed by atoms with Crippen LogP contribution < -0.4 is 0 Å². The number of aliphatic hydroxyl groups is 1. The Morgan fingerprint density at radius 3 is 2.00 bits per heavy atom. The number of aliphatic hydroxyl groups excluding tert-OH is 1. The third-order valence-electron chi connectivity index (χ3n) is 3.80. The van der Waals surface area contributed by atoms with Crippen LogP contribution in [0.15, 0.2) is 12.2 Å². The van der Waals surface area contributed by atoms with Gasteiger partial charge in [0.1, 0.15) is 0 Å². The van der Waals surface area contributed by atoms with Crippen LogP contribution in [0.2, 0.25) is 0 Å². The van der Waals surface area contributed by atoms with Gasteiger partial charge in [-0.2, -0.15) is 0 Å². The molecule has 0 aromatic carbocycles. The van der Waals surface area contributed by atoms with E-state index in [1.807, 2.05) is 0 Å². The lowest BCUT2D eigenvalue weighted by Crippen LogP contribution is -2.02. The maximum Gasteiger partial charge on any atom is 0.0493 e. The Kier molecular flexibility index (Phi) is 15.5. The Bertz CT molecular complexity index is 186. The van der Waals surface area contributed by atoms with Gasteiger partial charge in [0.25, 0.3) is 0 Å². The zero-order valence-electron chi connectivity index (χ0n) is 13.4. The van der Waals surface area contributed by atoms with E-state index in [1.165, 1.54) is 70.6 Å². The quantitative estimate of drug-likeness (QED) is 0.308. The van der Waals surface area contributed by atoms with Gasteiger partial charge in [0, 0.05) is 6.61 Å². The van der Waals surface area contributed by atoms with Crippen LogP contribution in [0.25, 0.3) is 0 Å². The molecule has 0 saturated carbocycles. The van der Waals surface area contributed by atoms with Crippen molar-refractivity contribution >= 4 is 0 Å². The Balaban J connectivity index is 3.43. The maximum absolute atomic E-state index is 9.33. The molecule has 0 heterocycles. The molecule has 0 fully saturated rings. The van der Waals surface area contributed by atoms with Crippen LogP contribution in [0, 0.1) is 5.92 Å². The standard InChI is InChI=1S/C18H36O/c1-3-5-7-9-10-11-12-14-16-18(17-19)15-13-8-6-4-2/h14,16,18-19H,3-13,15,17H2,1-2H3/b16-14+/t18-/m1/s1. The summed E-state index contributed by atoms with van der Waals surface area (Å²) in [6.45, 7) is 4.82. The largest absolute Gasteiger partial charge is 0.396 e. The normalized spacial score (nSPS) is 13.2. The van der Waals surface area contributed by atoms with E-state index >= 15 is 0 Å². The highest BCUT2D eigenvalue weighted by Crippen LogP contribution is 2.13. The first-order valence-corrected chi connectivity index (χ1v) is 8.62. The van der Waals surface area contributed by atoms with Gasteiger partial charge < -0.3 is 5.11 Å². The minimum Gasteiger partial charge on any atom is -0.396 e. The highest BCUT2D eigenvalue weighted by atomic mass is 16.3. The molecule has 0 bridgehead atoms. The fourth-order valence-electron chi connectivity index (χ4n) is 2.41. The van der Waals surface area contributed by atoms with Gasteiger partial charge in [-0.1, -0.05) is 83.8 Å². The summed E-state index contributed by atoms with van der Waals surface area (Å²) in [5.41, 5.74) is 0. The summed E-state index contributed by atoms with van der Waals surface area (Å²) in [6.07, 6.45) is 20.3. The number of hydrogen-bond donors (Lipinski definition) is 1. The van der Waals surface area contributed by atoms with E-state index in [4.69, 9.17) is 0 Å². The van der Waals surface area contributed by atoms with E-state index in [2.05, 4.69) is 26.0 Å². The van der Waals surface area contributed by atoms with Gasteiger partial charge >= 0.3 is 0 Å². The lowest BCUT2D eigenvalue weighted by molar-refractivity contribution is 0.243. The lowest BCUT2D eigenvalue weighted by Gasteiger charge is -2.08. The predicted molar refractivity (Wildman–Crippen MR) is 86.5 cm³/mol. The summed E-state index contributed by atoms with van der Waals surface area (Å²) < 4.78 is 0. The first-order valence-electron chi connectivity index (χ1n) is 8.62. The molecule has 0 aromatic rings. The monoisotopic (exact) mass is 268 g/mol. The topological polar surface area (TPSA) is 20.2 Å². The van der Waals surface area contributed by atoms with Gasteiger partial charge in [-0.15, -0.1) is 0 Å². The van der Waals surface area contributed by atoms with Crippen LogP contribution in [-0.2, 0) is 0 Å². The molecule has 114 valence electrons. The van der Waals surface area contributed by atoms with Gasteiger partial charge in [0.05, 0.1) is 0 Å². The van der Waals surface area contributed by atoms with E-state index in [0.29, 0.717) is 12.5 Å². The number of unbranched alkanes of at least 4 members (excludes halogenated alkanes) is 9. The summed E-state index contributed by atoms with van der Waals surface area (Å²) in [5.74, 6) is 0.400. The molecule has 0 spiro atoms. The van der Waals surface area contributed by atoms with Crippen LogP contribution >= 0.6 is 0 Å². The van der Waals surface area contributed by atoms with Crippen molar-refractivity contribution in [2.45, 2.75) is 90.9 Å². The molecule has 0 amide bonds. The van der Waals surface area contributed by atoms with Crippen molar-refractivity contribution in [3.05, 3.63) is 12.2 Å². The van der Waals surface area contributed by atoms with Crippen LogP contribution in [0.4, 0.5) is 0 Å². The molecule has 1 nitrogen and oxygen atoms in total. The van der Waals surface area contributed by atoms with Crippen molar-refractivity contribution < 1.29 is 5.11 Å². The molecule has 0 aromatic heterocycles. The first-order chi connectivity index (χ1) is 9.35. The SMILES string of the molecule is CCCCCCCC/C=C/[C@H](CO)CCCCCC. The van der Waals surface area contributed by atoms with Crippen molar-refractivity contribution in [2.75, 3.05) is 6.61 Å². The highest BCUT2D eigenvalue weighted by Gasteiger charge is 2.01. The smallest absolute Gasteiger partial charge is 0.0493 e. The second-order valence-electron chi connectivity index (χ2n) is 5.78. The summed E-state index contributed by atoms with van der Waals surface area (Å²) in [6, 6.07) is 0. The van der Waals surface area contributed by atoms with Crippen molar-refractivity contribution in [3.63, 3.8) is 0 Å². The highest BCUT2D eigenvalue weighted by molar-refractivity contribution is 4.88. The molecule has 0 radical (unpaired) electrons. The van der Waals surface area contributed by atoms with Gasteiger partial charge in [-0.05, 0) is 25.2 Å². The zero-order valence-corrected chi connectivity index (χ0v) is 13.4. The molecule has 1 heteroatoms.